The topological polar surface area (TPSA) is 42.2 Å². The molecule has 1 unspecified atom stereocenters. The van der Waals surface area contributed by atoms with Crippen molar-refractivity contribution < 1.29 is 9.16 Å². The zero-order chi connectivity index (χ0) is 13.1. The van der Waals surface area contributed by atoms with E-state index < -0.39 is 14.4 Å². The summed E-state index contributed by atoms with van der Waals surface area (Å²) in [6.45, 7) is 6.18. The van der Waals surface area contributed by atoms with Gasteiger partial charge in [0.2, 0.25) is 0 Å². The van der Waals surface area contributed by atoms with Crippen LogP contribution in [-0.4, -0.2) is 15.4 Å². The predicted molar refractivity (Wildman–Crippen MR) is 73.5 cm³/mol. The van der Waals surface area contributed by atoms with E-state index in [1.54, 1.807) is 7.11 Å². The van der Waals surface area contributed by atoms with Gasteiger partial charge in [0, 0.05) is 10.0 Å². The summed E-state index contributed by atoms with van der Waals surface area (Å²) in [5, 5.41) is 9.22. The summed E-state index contributed by atoms with van der Waals surface area (Å²) in [6, 6.07) is 7.74. The monoisotopic (exact) mass is 313 g/mol. The maximum Gasteiger partial charge on any atom is 0.186 e. The van der Waals surface area contributed by atoms with E-state index >= 15 is 0 Å². The minimum atomic E-state index is -1.76. The fourth-order valence-corrected chi connectivity index (χ4v) is 2.70. The summed E-state index contributed by atoms with van der Waals surface area (Å²) in [7, 11) is -0.154. The van der Waals surface area contributed by atoms with Crippen LogP contribution in [0, 0.1) is 11.3 Å². The quantitative estimate of drug-likeness (QED) is 0.792. The molecule has 1 aromatic rings. The van der Waals surface area contributed by atoms with Crippen molar-refractivity contribution in [2.24, 2.45) is 0 Å². The zero-order valence-corrected chi connectivity index (χ0v) is 13.0. The third-order valence-electron chi connectivity index (χ3n) is 2.07. The molecule has 0 heterocycles. The minimum absolute atomic E-state index is 0.550. The lowest BCUT2D eigenvalue weighted by Gasteiger charge is -2.22. The zero-order valence-electron chi connectivity index (χ0n) is 10.5. The SMILES string of the molecule is COc1ccc(Br)c(C(C#N)O[Si](C)(C)C)c1. The Balaban J connectivity index is 3.08. The van der Waals surface area contributed by atoms with Crippen LogP contribution in [0.1, 0.15) is 11.7 Å². The average molecular weight is 314 g/mol. The molecule has 0 aliphatic rings. The van der Waals surface area contributed by atoms with Crippen molar-refractivity contribution in [1.29, 1.82) is 5.26 Å². The highest BCUT2D eigenvalue weighted by molar-refractivity contribution is 9.10. The van der Waals surface area contributed by atoms with Gasteiger partial charge in [0.1, 0.15) is 5.75 Å². The van der Waals surface area contributed by atoms with Crippen LogP contribution in [0.15, 0.2) is 22.7 Å². The highest BCUT2D eigenvalue weighted by atomic mass is 79.9. The molecule has 5 heteroatoms. The molecule has 17 heavy (non-hydrogen) atoms. The molecule has 0 radical (unpaired) electrons. The number of hydrogen-bond acceptors (Lipinski definition) is 3. The molecule has 0 saturated heterocycles. The van der Waals surface area contributed by atoms with Crippen molar-refractivity contribution in [3.63, 3.8) is 0 Å². The Morgan fingerprint density at radius 2 is 2.00 bits per heavy atom. The Kier molecular flexibility index (Phi) is 4.75. The third-order valence-corrected chi connectivity index (χ3v) is 3.74. The number of nitriles is 1. The molecule has 0 aliphatic carbocycles. The lowest BCUT2D eigenvalue weighted by molar-refractivity contribution is 0.253. The molecule has 1 rings (SSSR count). The molecule has 3 nitrogen and oxygen atoms in total. The molecular weight excluding hydrogens is 298 g/mol. The second-order valence-corrected chi connectivity index (χ2v) is 9.94. The molecule has 0 aliphatic heterocycles. The summed E-state index contributed by atoms with van der Waals surface area (Å²) in [6.07, 6.45) is -0.550. The molecule has 0 bridgehead atoms. The number of methoxy groups -OCH3 is 1. The van der Waals surface area contributed by atoms with Crippen molar-refractivity contribution in [2.75, 3.05) is 7.11 Å². The van der Waals surface area contributed by atoms with E-state index in [0.29, 0.717) is 0 Å². The molecule has 0 spiro atoms. The normalized spacial score (nSPS) is 12.9. The summed E-state index contributed by atoms with van der Waals surface area (Å²) >= 11 is 3.44. The van der Waals surface area contributed by atoms with Crippen LogP contribution in [0.2, 0.25) is 19.6 Å². The van der Waals surface area contributed by atoms with Gasteiger partial charge in [-0.25, -0.2) is 0 Å². The van der Waals surface area contributed by atoms with Crippen LogP contribution in [0.5, 0.6) is 5.75 Å². The van der Waals surface area contributed by atoms with Gasteiger partial charge >= 0.3 is 0 Å². The molecule has 0 N–H and O–H groups in total. The highest BCUT2D eigenvalue weighted by Crippen LogP contribution is 2.31. The van der Waals surface area contributed by atoms with Gasteiger partial charge in [0.05, 0.1) is 13.2 Å². The van der Waals surface area contributed by atoms with Crippen LogP contribution in [-0.2, 0) is 4.43 Å². The Hall–Kier alpha value is -0.833. The van der Waals surface area contributed by atoms with E-state index in [9.17, 15) is 5.26 Å². The van der Waals surface area contributed by atoms with Gasteiger partial charge in [-0.2, -0.15) is 5.26 Å². The summed E-state index contributed by atoms with van der Waals surface area (Å²) < 4.78 is 11.9. The van der Waals surface area contributed by atoms with Crippen LogP contribution in [0.25, 0.3) is 0 Å². The number of nitrogens with zero attached hydrogens (tertiary/aromatic N) is 1. The van der Waals surface area contributed by atoms with Gasteiger partial charge in [0.25, 0.3) is 0 Å². The molecule has 0 saturated carbocycles. The Labute approximate surface area is 112 Å². The predicted octanol–water partition coefficient (Wildman–Crippen LogP) is 3.87. The third kappa shape index (κ3) is 4.15. The molecule has 0 fully saturated rings. The van der Waals surface area contributed by atoms with Crippen LogP contribution in [0.4, 0.5) is 0 Å². The molecular formula is C12H16BrNO2Si. The maximum atomic E-state index is 9.22. The van der Waals surface area contributed by atoms with Crippen LogP contribution in [0.3, 0.4) is 0 Å². The first-order valence-electron chi connectivity index (χ1n) is 5.28. The van der Waals surface area contributed by atoms with E-state index in [0.717, 1.165) is 15.8 Å². The standard InChI is InChI=1S/C12H16BrNO2Si/c1-15-9-5-6-11(13)10(7-9)12(8-14)16-17(2,3)4/h5-7,12H,1-4H3. The first-order chi connectivity index (χ1) is 7.87. The van der Waals surface area contributed by atoms with E-state index in [1.807, 2.05) is 18.2 Å². The Bertz CT molecular complexity index is 437. The summed E-state index contributed by atoms with van der Waals surface area (Å²) in [5.74, 6) is 0.725. The maximum absolute atomic E-state index is 9.22. The van der Waals surface area contributed by atoms with Gasteiger partial charge in [-0.3, -0.25) is 0 Å². The Morgan fingerprint density at radius 1 is 1.35 bits per heavy atom. The number of hydrogen-bond donors (Lipinski definition) is 0. The van der Waals surface area contributed by atoms with Crippen molar-refractivity contribution >= 4 is 24.2 Å². The molecule has 0 amide bonds. The molecule has 1 aromatic carbocycles. The van der Waals surface area contributed by atoms with Crippen LogP contribution < -0.4 is 4.74 Å². The van der Waals surface area contributed by atoms with Crippen molar-refractivity contribution in [1.82, 2.24) is 0 Å². The second kappa shape index (κ2) is 5.67. The molecule has 1 atom stereocenters. The fourth-order valence-electron chi connectivity index (χ4n) is 1.36. The number of rotatable bonds is 4. The highest BCUT2D eigenvalue weighted by Gasteiger charge is 2.24. The molecule has 0 aromatic heterocycles. The first-order valence-corrected chi connectivity index (χ1v) is 9.48. The smallest absolute Gasteiger partial charge is 0.186 e. The van der Waals surface area contributed by atoms with Crippen LogP contribution >= 0.6 is 15.9 Å². The van der Waals surface area contributed by atoms with Gasteiger partial charge in [-0.1, -0.05) is 15.9 Å². The molecule has 92 valence electrons. The van der Waals surface area contributed by atoms with E-state index in [4.69, 9.17) is 9.16 Å². The number of halogens is 1. The van der Waals surface area contributed by atoms with E-state index in [1.165, 1.54) is 0 Å². The van der Waals surface area contributed by atoms with Gasteiger partial charge in [0.15, 0.2) is 14.4 Å². The van der Waals surface area contributed by atoms with Gasteiger partial charge in [-0.15, -0.1) is 0 Å². The van der Waals surface area contributed by atoms with Gasteiger partial charge < -0.3 is 9.16 Å². The summed E-state index contributed by atoms with van der Waals surface area (Å²) in [5.41, 5.74) is 0.814. The van der Waals surface area contributed by atoms with Crippen molar-refractivity contribution in [3.05, 3.63) is 28.2 Å². The second-order valence-electron chi connectivity index (χ2n) is 4.63. The van der Waals surface area contributed by atoms with Gasteiger partial charge in [-0.05, 0) is 37.8 Å². The first kappa shape index (κ1) is 14.2. The summed E-state index contributed by atoms with van der Waals surface area (Å²) in [4.78, 5) is 0. The fraction of sp³-hybridized carbons (Fsp3) is 0.417. The lowest BCUT2D eigenvalue weighted by atomic mass is 10.1. The number of benzene rings is 1. The van der Waals surface area contributed by atoms with E-state index in [2.05, 4.69) is 41.6 Å². The van der Waals surface area contributed by atoms with E-state index in [-0.39, 0.29) is 0 Å². The minimum Gasteiger partial charge on any atom is -0.497 e. The average Bonchev–Trinajstić information content (AvgIpc) is 2.25. The van der Waals surface area contributed by atoms with Crippen molar-refractivity contribution in [3.8, 4) is 11.8 Å². The van der Waals surface area contributed by atoms with Crippen molar-refractivity contribution in [2.45, 2.75) is 25.7 Å². The lowest BCUT2D eigenvalue weighted by Crippen LogP contribution is -2.27. The Morgan fingerprint density at radius 3 is 2.47 bits per heavy atom. The largest absolute Gasteiger partial charge is 0.497 e. The number of ether oxygens (including phenoxy) is 1.